The van der Waals surface area contributed by atoms with Crippen LogP contribution in [-0.4, -0.2) is 36.3 Å². The maximum Gasteiger partial charge on any atom is 0.228 e. The lowest BCUT2D eigenvalue weighted by molar-refractivity contribution is -0.115. The second-order valence-corrected chi connectivity index (χ2v) is 7.61. The number of halogens is 1. The van der Waals surface area contributed by atoms with E-state index >= 15 is 0 Å². The molecule has 0 spiro atoms. The SMILES string of the molecule is CC(=O)N(c1ccsc1)c1ccc(OCC(O)CNC(C)C)c(Br)c1. The van der Waals surface area contributed by atoms with E-state index in [1.807, 2.05) is 42.8 Å². The van der Waals surface area contributed by atoms with E-state index in [2.05, 4.69) is 21.2 Å². The zero-order chi connectivity index (χ0) is 18.4. The fraction of sp³-hybridized carbons (Fsp3) is 0.389. The molecule has 2 aromatic rings. The summed E-state index contributed by atoms with van der Waals surface area (Å²) in [6.45, 7) is 6.25. The van der Waals surface area contributed by atoms with Crippen molar-refractivity contribution in [2.24, 2.45) is 0 Å². The number of nitrogens with one attached hydrogen (secondary N) is 1. The van der Waals surface area contributed by atoms with E-state index in [0.717, 1.165) is 15.8 Å². The van der Waals surface area contributed by atoms with Crippen molar-refractivity contribution in [2.45, 2.75) is 32.9 Å². The van der Waals surface area contributed by atoms with Crippen LogP contribution in [0.4, 0.5) is 11.4 Å². The van der Waals surface area contributed by atoms with Gasteiger partial charge in [-0.05, 0) is 45.6 Å². The highest BCUT2D eigenvalue weighted by atomic mass is 79.9. The molecule has 0 saturated heterocycles. The van der Waals surface area contributed by atoms with Crippen molar-refractivity contribution >= 4 is 44.5 Å². The topological polar surface area (TPSA) is 61.8 Å². The third-order valence-electron chi connectivity index (χ3n) is 3.45. The number of anilines is 2. The predicted molar refractivity (Wildman–Crippen MR) is 106 cm³/mol. The molecule has 5 nitrogen and oxygen atoms in total. The van der Waals surface area contributed by atoms with Crippen molar-refractivity contribution < 1.29 is 14.6 Å². The van der Waals surface area contributed by atoms with Gasteiger partial charge < -0.3 is 15.2 Å². The van der Waals surface area contributed by atoms with E-state index in [-0.39, 0.29) is 12.5 Å². The minimum absolute atomic E-state index is 0.0610. The van der Waals surface area contributed by atoms with Gasteiger partial charge in [0.15, 0.2) is 0 Å². The second-order valence-electron chi connectivity index (χ2n) is 5.98. The Kier molecular flexibility index (Phi) is 7.43. The molecule has 1 aromatic heterocycles. The molecule has 7 heteroatoms. The summed E-state index contributed by atoms with van der Waals surface area (Å²) in [5.74, 6) is 0.565. The van der Waals surface area contributed by atoms with Crippen LogP contribution in [0.3, 0.4) is 0 Å². The Bertz CT molecular complexity index is 692. The molecule has 0 bridgehead atoms. The summed E-state index contributed by atoms with van der Waals surface area (Å²) in [6, 6.07) is 7.69. The second kappa shape index (κ2) is 9.33. The van der Waals surface area contributed by atoms with Crippen LogP contribution in [0.25, 0.3) is 0 Å². The van der Waals surface area contributed by atoms with E-state index in [4.69, 9.17) is 4.74 Å². The van der Waals surface area contributed by atoms with Crippen molar-refractivity contribution in [2.75, 3.05) is 18.1 Å². The van der Waals surface area contributed by atoms with E-state index in [1.54, 1.807) is 22.3 Å². The Hall–Kier alpha value is -1.41. The summed E-state index contributed by atoms with van der Waals surface area (Å²) in [7, 11) is 0. The number of aliphatic hydroxyl groups is 1. The molecule has 1 unspecified atom stereocenters. The number of carbonyl (C=O) groups excluding carboxylic acids is 1. The third-order valence-corrected chi connectivity index (χ3v) is 4.74. The largest absolute Gasteiger partial charge is 0.490 e. The van der Waals surface area contributed by atoms with E-state index in [9.17, 15) is 9.90 Å². The monoisotopic (exact) mass is 426 g/mol. The number of hydrogen-bond acceptors (Lipinski definition) is 5. The lowest BCUT2D eigenvalue weighted by Gasteiger charge is -2.21. The van der Waals surface area contributed by atoms with Crippen molar-refractivity contribution in [1.82, 2.24) is 5.32 Å². The number of benzene rings is 1. The number of rotatable bonds is 8. The van der Waals surface area contributed by atoms with Crippen LogP contribution >= 0.6 is 27.3 Å². The zero-order valence-electron chi connectivity index (χ0n) is 14.5. The van der Waals surface area contributed by atoms with Crippen LogP contribution in [0, 0.1) is 0 Å². The molecule has 1 aromatic carbocycles. The Morgan fingerprint density at radius 3 is 2.68 bits per heavy atom. The molecule has 2 rings (SSSR count). The summed E-state index contributed by atoms with van der Waals surface area (Å²) in [5, 5.41) is 17.0. The van der Waals surface area contributed by atoms with Gasteiger partial charge in [0.1, 0.15) is 18.5 Å². The van der Waals surface area contributed by atoms with Gasteiger partial charge in [0, 0.05) is 24.9 Å². The third kappa shape index (κ3) is 5.81. The highest BCUT2D eigenvalue weighted by Crippen LogP contribution is 2.34. The molecule has 0 radical (unpaired) electrons. The molecule has 2 N–H and O–H groups in total. The average Bonchev–Trinajstić information content (AvgIpc) is 3.06. The van der Waals surface area contributed by atoms with Crippen molar-refractivity contribution in [3.05, 3.63) is 39.5 Å². The van der Waals surface area contributed by atoms with Crippen LogP contribution in [-0.2, 0) is 4.79 Å². The Labute approximate surface area is 160 Å². The van der Waals surface area contributed by atoms with Crippen LogP contribution in [0.15, 0.2) is 39.5 Å². The van der Waals surface area contributed by atoms with Crippen molar-refractivity contribution in [3.63, 3.8) is 0 Å². The van der Waals surface area contributed by atoms with Gasteiger partial charge in [-0.25, -0.2) is 0 Å². The van der Waals surface area contributed by atoms with Gasteiger partial charge in [-0.1, -0.05) is 13.8 Å². The first-order valence-electron chi connectivity index (χ1n) is 8.05. The van der Waals surface area contributed by atoms with Crippen molar-refractivity contribution in [3.8, 4) is 5.75 Å². The molecule has 1 atom stereocenters. The summed E-state index contributed by atoms with van der Waals surface area (Å²) in [6.07, 6.45) is -0.589. The number of nitrogens with zero attached hydrogens (tertiary/aromatic N) is 1. The molecule has 0 aliphatic carbocycles. The first-order chi connectivity index (χ1) is 11.9. The van der Waals surface area contributed by atoms with E-state index < -0.39 is 6.10 Å². The van der Waals surface area contributed by atoms with Crippen LogP contribution in [0.1, 0.15) is 20.8 Å². The van der Waals surface area contributed by atoms with Gasteiger partial charge in [-0.15, -0.1) is 0 Å². The minimum atomic E-state index is -0.589. The molecular weight excluding hydrogens is 404 g/mol. The lowest BCUT2D eigenvalue weighted by Crippen LogP contribution is -2.35. The van der Waals surface area contributed by atoms with Gasteiger partial charge in [-0.2, -0.15) is 11.3 Å². The number of thiophene rings is 1. The predicted octanol–water partition coefficient (Wildman–Crippen LogP) is 3.93. The zero-order valence-corrected chi connectivity index (χ0v) is 16.9. The molecule has 0 aliphatic heterocycles. The number of aliphatic hydroxyl groups excluding tert-OH is 1. The normalized spacial score (nSPS) is 12.2. The van der Waals surface area contributed by atoms with Crippen LogP contribution < -0.4 is 15.0 Å². The first kappa shape index (κ1) is 19.9. The Balaban J connectivity index is 2.06. The van der Waals surface area contributed by atoms with Gasteiger partial charge in [-0.3, -0.25) is 9.69 Å². The Morgan fingerprint density at radius 1 is 1.36 bits per heavy atom. The summed E-state index contributed by atoms with van der Waals surface area (Å²) < 4.78 is 6.41. The maximum absolute atomic E-state index is 12.0. The van der Waals surface area contributed by atoms with Crippen LogP contribution in [0.5, 0.6) is 5.75 Å². The highest BCUT2D eigenvalue weighted by Gasteiger charge is 2.16. The summed E-state index contributed by atoms with van der Waals surface area (Å²) in [4.78, 5) is 13.7. The first-order valence-corrected chi connectivity index (χ1v) is 9.78. The number of carbonyl (C=O) groups is 1. The fourth-order valence-corrected chi connectivity index (χ4v) is 3.36. The van der Waals surface area contributed by atoms with Gasteiger partial charge in [0.05, 0.1) is 15.8 Å². The number of ether oxygens (including phenoxy) is 1. The smallest absolute Gasteiger partial charge is 0.228 e. The maximum atomic E-state index is 12.0. The molecule has 25 heavy (non-hydrogen) atoms. The summed E-state index contributed by atoms with van der Waals surface area (Å²) >= 11 is 5.02. The van der Waals surface area contributed by atoms with Crippen molar-refractivity contribution in [1.29, 1.82) is 0 Å². The molecule has 0 fully saturated rings. The molecule has 0 saturated carbocycles. The molecule has 1 heterocycles. The van der Waals surface area contributed by atoms with E-state index in [0.29, 0.717) is 18.3 Å². The fourth-order valence-electron chi connectivity index (χ4n) is 2.26. The molecule has 1 amide bonds. The quantitative estimate of drug-likeness (QED) is 0.670. The van der Waals surface area contributed by atoms with Gasteiger partial charge in [0.25, 0.3) is 0 Å². The van der Waals surface area contributed by atoms with Crippen LogP contribution in [0.2, 0.25) is 0 Å². The summed E-state index contributed by atoms with van der Waals surface area (Å²) in [5.41, 5.74) is 1.60. The lowest BCUT2D eigenvalue weighted by atomic mass is 10.2. The molecule has 0 aliphatic rings. The number of hydrogen-bond donors (Lipinski definition) is 2. The van der Waals surface area contributed by atoms with Gasteiger partial charge in [0.2, 0.25) is 5.91 Å². The van der Waals surface area contributed by atoms with Gasteiger partial charge >= 0.3 is 0 Å². The van der Waals surface area contributed by atoms with E-state index in [1.165, 1.54) is 6.92 Å². The Morgan fingerprint density at radius 2 is 2.12 bits per heavy atom. The molecular formula is C18H23BrN2O3S. The highest BCUT2D eigenvalue weighted by molar-refractivity contribution is 9.10. The molecule has 136 valence electrons. The minimum Gasteiger partial charge on any atom is -0.490 e. The average molecular weight is 427 g/mol. The standard InChI is InChI=1S/C18H23BrN2O3S/c1-12(2)20-9-16(23)10-24-18-5-4-14(8-17(18)19)21(13(3)22)15-6-7-25-11-15/h4-8,11-12,16,20,23H,9-10H2,1-3H3. The number of amides is 1.